The molecule has 1 aliphatic rings. The summed E-state index contributed by atoms with van der Waals surface area (Å²) in [6.07, 6.45) is 0. The molecule has 2 heterocycles. The number of aromatic nitrogens is 2. The molecule has 0 spiro atoms. The lowest BCUT2D eigenvalue weighted by atomic mass is 9.86. The molecule has 3 rings (SSSR count). The molecule has 7 heteroatoms. The maximum Gasteiger partial charge on any atom is 0.272 e. The van der Waals surface area contributed by atoms with Gasteiger partial charge in [0.15, 0.2) is 5.69 Å². The average molecular weight is 398 g/mol. The van der Waals surface area contributed by atoms with E-state index in [4.69, 9.17) is 4.98 Å². The molecule has 1 aromatic carbocycles. The van der Waals surface area contributed by atoms with E-state index in [9.17, 15) is 9.59 Å². The summed E-state index contributed by atoms with van der Waals surface area (Å²) < 4.78 is 2.14. The largest absolute Gasteiger partial charge is 0.357 e. The number of imidazole rings is 1. The minimum atomic E-state index is -0.650. The first-order chi connectivity index (χ1) is 13.8. The van der Waals surface area contributed by atoms with Crippen LogP contribution in [-0.4, -0.2) is 52.4 Å². The molecule has 0 bridgehead atoms. The van der Waals surface area contributed by atoms with Crippen molar-refractivity contribution in [2.24, 2.45) is 5.41 Å². The van der Waals surface area contributed by atoms with Gasteiger partial charge in [0.05, 0.1) is 5.69 Å². The van der Waals surface area contributed by atoms with E-state index in [0.29, 0.717) is 12.2 Å². The van der Waals surface area contributed by atoms with Crippen LogP contribution < -0.4 is 10.6 Å². The monoisotopic (exact) mass is 397 g/mol. The molecule has 1 aromatic heterocycles. The Labute approximate surface area is 172 Å². The molecule has 29 heavy (non-hydrogen) atoms. The Morgan fingerprint density at radius 3 is 2.45 bits per heavy atom. The number of hydrogen-bond donors (Lipinski definition) is 2. The number of hydrogen-bond acceptors (Lipinski definition) is 4. The Hall–Kier alpha value is -2.67. The van der Waals surface area contributed by atoms with Gasteiger partial charge in [-0.15, -0.1) is 0 Å². The Kier molecular flexibility index (Phi) is 6.07. The summed E-state index contributed by atoms with van der Waals surface area (Å²) in [6.45, 7) is 11.2. The zero-order valence-corrected chi connectivity index (χ0v) is 18.0. The third-order valence-corrected chi connectivity index (χ3v) is 5.43. The number of carbonyl (C=O) groups is 2. The van der Waals surface area contributed by atoms with Crippen LogP contribution in [-0.2, 0) is 17.9 Å². The summed E-state index contributed by atoms with van der Waals surface area (Å²) in [7, 11) is 1.58. The minimum absolute atomic E-state index is 0.211. The number of benzene rings is 1. The Balaban J connectivity index is 2.01. The van der Waals surface area contributed by atoms with Crippen molar-refractivity contribution in [3.63, 3.8) is 0 Å². The summed E-state index contributed by atoms with van der Waals surface area (Å²) in [4.78, 5) is 32.7. The number of nitrogens with one attached hydrogen (secondary N) is 2. The normalized spacial score (nSPS) is 15.5. The van der Waals surface area contributed by atoms with E-state index in [0.717, 1.165) is 36.7 Å². The molecule has 156 valence electrons. The molecule has 1 atom stereocenters. The number of likely N-dealkylation sites (N-methyl/N-ethyl adjacent to an activating group) is 2. The fourth-order valence-corrected chi connectivity index (χ4v) is 3.70. The van der Waals surface area contributed by atoms with Gasteiger partial charge in [-0.1, -0.05) is 58.0 Å². The molecule has 0 saturated carbocycles. The fourth-order valence-electron chi connectivity index (χ4n) is 3.70. The number of fused-ring (bicyclic) bond motifs is 1. The van der Waals surface area contributed by atoms with Gasteiger partial charge < -0.3 is 15.2 Å². The van der Waals surface area contributed by atoms with Gasteiger partial charge in [-0.3, -0.25) is 14.5 Å². The highest BCUT2D eigenvalue weighted by atomic mass is 16.2. The van der Waals surface area contributed by atoms with E-state index in [1.54, 1.807) is 7.05 Å². The van der Waals surface area contributed by atoms with Crippen molar-refractivity contribution in [2.45, 2.75) is 46.8 Å². The molecule has 0 fully saturated rings. The van der Waals surface area contributed by atoms with Gasteiger partial charge >= 0.3 is 0 Å². The molecule has 2 N–H and O–H groups in total. The van der Waals surface area contributed by atoms with Gasteiger partial charge in [0.2, 0.25) is 5.91 Å². The predicted octanol–water partition coefficient (Wildman–Crippen LogP) is 2.28. The van der Waals surface area contributed by atoms with Crippen LogP contribution in [0.2, 0.25) is 0 Å². The van der Waals surface area contributed by atoms with Crippen molar-refractivity contribution in [3.05, 3.63) is 41.7 Å². The van der Waals surface area contributed by atoms with E-state index >= 15 is 0 Å². The maximum absolute atomic E-state index is 13.2. The maximum atomic E-state index is 13.2. The minimum Gasteiger partial charge on any atom is -0.357 e. The Morgan fingerprint density at radius 2 is 1.86 bits per heavy atom. The fraction of sp³-hybridized carbons (Fsp3) is 0.500. The topological polar surface area (TPSA) is 79.3 Å². The quantitative estimate of drug-likeness (QED) is 0.811. The SMILES string of the molecule is CCN1CCn2c(-c3ccccc3)nc(C(=O)NC(C(=O)NC)C(C)(C)C)c2C1. The van der Waals surface area contributed by atoms with E-state index in [2.05, 4.69) is 27.0 Å². The van der Waals surface area contributed by atoms with Crippen LogP contribution in [0.3, 0.4) is 0 Å². The molecule has 0 aliphatic carbocycles. The number of nitrogens with zero attached hydrogens (tertiary/aromatic N) is 3. The summed E-state index contributed by atoms with van der Waals surface area (Å²) in [5.74, 6) is 0.281. The van der Waals surface area contributed by atoms with Crippen molar-refractivity contribution >= 4 is 11.8 Å². The lowest BCUT2D eigenvalue weighted by Crippen LogP contribution is -2.53. The number of carbonyl (C=O) groups excluding carboxylic acids is 2. The average Bonchev–Trinajstić information content (AvgIpc) is 3.10. The molecule has 0 saturated heterocycles. The predicted molar refractivity (Wildman–Crippen MR) is 113 cm³/mol. The van der Waals surface area contributed by atoms with Crippen molar-refractivity contribution in [1.29, 1.82) is 0 Å². The van der Waals surface area contributed by atoms with Gasteiger partial charge in [0.25, 0.3) is 5.91 Å². The first-order valence-electron chi connectivity index (χ1n) is 10.2. The van der Waals surface area contributed by atoms with Crippen LogP contribution in [0.5, 0.6) is 0 Å². The third-order valence-electron chi connectivity index (χ3n) is 5.43. The first-order valence-corrected chi connectivity index (χ1v) is 10.2. The van der Waals surface area contributed by atoms with E-state index in [1.165, 1.54) is 0 Å². The van der Waals surface area contributed by atoms with Crippen LogP contribution in [0.4, 0.5) is 0 Å². The Bertz CT molecular complexity index is 883. The van der Waals surface area contributed by atoms with Gasteiger partial charge in [0.1, 0.15) is 11.9 Å². The van der Waals surface area contributed by atoms with Crippen molar-refractivity contribution in [1.82, 2.24) is 25.1 Å². The van der Waals surface area contributed by atoms with E-state index in [-0.39, 0.29) is 11.8 Å². The van der Waals surface area contributed by atoms with Crippen molar-refractivity contribution in [3.8, 4) is 11.4 Å². The highest BCUT2D eigenvalue weighted by Gasteiger charge is 2.35. The van der Waals surface area contributed by atoms with Crippen LogP contribution >= 0.6 is 0 Å². The summed E-state index contributed by atoms with van der Waals surface area (Å²) in [5.41, 5.74) is 1.86. The summed E-state index contributed by atoms with van der Waals surface area (Å²) in [5, 5.41) is 5.58. The zero-order chi connectivity index (χ0) is 21.2. The summed E-state index contributed by atoms with van der Waals surface area (Å²) >= 11 is 0. The number of rotatable bonds is 5. The van der Waals surface area contributed by atoms with E-state index in [1.807, 2.05) is 51.1 Å². The third kappa shape index (κ3) is 4.34. The first kappa shape index (κ1) is 21.0. The molecule has 1 aliphatic heterocycles. The molecule has 2 amide bonds. The van der Waals surface area contributed by atoms with Crippen LogP contribution in [0, 0.1) is 5.41 Å². The lowest BCUT2D eigenvalue weighted by molar-refractivity contribution is -0.124. The van der Waals surface area contributed by atoms with Crippen molar-refractivity contribution in [2.75, 3.05) is 20.1 Å². The second-order valence-corrected chi connectivity index (χ2v) is 8.50. The highest BCUT2D eigenvalue weighted by molar-refractivity contribution is 5.97. The van der Waals surface area contributed by atoms with Crippen molar-refractivity contribution < 1.29 is 9.59 Å². The van der Waals surface area contributed by atoms with Gasteiger partial charge in [-0.25, -0.2) is 4.98 Å². The van der Waals surface area contributed by atoms with Gasteiger partial charge in [0, 0.05) is 32.2 Å². The Morgan fingerprint density at radius 1 is 1.17 bits per heavy atom. The smallest absolute Gasteiger partial charge is 0.272 e. The number of amides is 2. The zero-order valence-electron chi connectivity index (χ0n) is 18.0. The van der Waals surface area contributed by atoms with Gasteiger partial charge in [-0.05, 0) is 12.0 Å². The standard InChI is InChI=1S/C22H31N5O2/c1-6-26-12-13-27-16(14-26)17(24-19(27)15-10-8-7-9-11-15)20(28)25-18(21(29)23-5)22(2,3)4/h7-11,18H,6,12-14H2,1-5H3,(H,23,29)(H,25,28). The molecular formula is C22H31N5O2. The van der Waals surface area contributed by atoms with E-state index < -0.39 is 11.5 Å². The second kappa shape index (κ2) is 8.37. The molecular weight excluding hydrogens is 366 g/mol. The highest BCUT2D eigenvalue weighted by Crippen LogP contribution is 2.27. The molecule has 2 aromatic rings. The van der Waals surface area contributed by atoms with Crippen LogP contribution in [0.15, 0.2) is 30.3 Å². The lowest BCUT2D eigenvalue weighted by Gasteiger charge is -2.30. The molecule has 1 unspecified atom stereocenters. The molecule has 7 nitrogen and oxygen atoms in total. The van der Waals surface area contributed by atoms with Gasteiger partial charge in [-0.2, -0.15) is 0 Å². The van der Waals surface area contributed by atoms with Crippen LogP contribution in [0.1, 0.15) is 43.9 Å². The second-order valence-electron chi connectivity index (χ2n) is 8.50. The van der Waals surface area contributed by atoms with Crippen LogP contribution in [0.25, 0.3) is 11.4 Å². The molecule has 0 radical (unpaired) electrons. The summed E-state index contributed by atoms with van der Waals surface area (Å²) in [6, 6.07) is 9.27.